The van der Waals surface area contributed by atoms with Gasteiger partial charge >= 0.3 is 0 Å². The van der Waals surface area contributed by atoms with Crippen molar-refractivity contribution in [3.8, 4) is 0 Å². The van der Waals surface area contributed by atoms with Crippen LogP contribution < -0.4 is 0 Å². The lowest BCUT2D eigenvalue weighted by atomic mass is 9.97. The van der Waals surface area contributed by atoms with Crippen LogP contribution in [0.2, 0.25) is 0 Å². The quantitative estimate of drug-likeness (QED) is 0.214. The highest BCUT2D eigenvalue weighted by atomic mass is 32.2. The first kappa shape index (κ1) is 24.7. The first-order chi connectivity index (χ1) is 12.5. The van der Waals surface area contributed by atoms with Gasteiger partial charge in [-0.25, -0.2) is 0 Å². The Bertz CT molecular complexity index is 459. The van der Waals surface area contributed by atoms with Crippen LogP contribution in [0.15, 0.2) is 0 Å². The van der Waals surface area contributed by atoms with Crippen molar-refractivity contribution in [1.82, 2.24) is 0 Å². The van der Waals surface area contributed by atoms with Crippen molar-refractivity contribution >= 4 is 10.8 Å². The fraction of sp³-hybridized carbons (Fsp3) is 1.00. The van der Waals surface area contributed by atoms with E-state index < -0.39 is 85.4 Å². The predicted molar refractivity (Wildman–Crippen MR) is 88.6 cm³/mol. The molecule has 162 valence electrons. The van der Waals surface area contributed by atoms with E-state index in [1.165, 1.54) is 0 Å². The topological polar surface area (TPSA) is 207 Å². The van der Waals surface area contributed by atoms with Crippen LogP contribution in [0.4, 0.5) is 0 Å². The predicted octanol–water partition coefficient (Wildman–Crippen LogP) is -5.40. The summed E-state index contributed by atoms with van der Waals surface area (Å²) in [6, 6.07) is 0. The molecule has 2 aliphatic rings. The lowest BCUT2D eigenvalue weighted by Crippen LogP contribution is -2.64. The number of aliphatic hydroxyl groups is 8. The highest BCUT2D eigenvalue weighted by molar-refractivity contribution is 7.83. The molecular weight excluding hydrogens is 392 g/mol. The van der Waals surface area contributed by atoms with Crippen molar-refractivity contribution in [2.75, 3.05) is 25.7 Å². The average Bonchev–Trinajstić information content (AvgIpc) is 2.61. The van der Waals surface area contributed by atoms with Gasteiger partial charge in [-0.05, 0) is 0 Å². The summed E-state index contributed by atoms with van der Waals surface area (Å²) in [5.74, 6) is 0. The summed E-state index contributed by atoms with van der Waals surface area (Å²) < 4.78 is 24.8. The molecule has 0 radical (unpaired) electrons. The van der Waals surface area contributed by atoms with E-state index in [4.69, 9.17) is 19.3 Å². The molecule has 0 aromatic carbocycles. The van der Waals surface area contributed by atoms with E-state index in [0.717, 1.165) is 0 Å². The van der Waals surface area contributed by atoms with Crippen LogP contribution in [0.1, 0.15) is 0 Å². The zero-order valence-corrected chi connectivity index (χ0v) is 15.6. The average molecular weight is 420 g/mol. The van der Waals surface area contributed by atoms with E-state index in [-0.39, 0.29) is 0 Å². The molecule has 2 fully saturated rings. The number of hydrogen-bond acceptors (Lipinski definition) is 12. The molecule has 0 amide bonds. The van der Waals surface area contributed by atoms with Gasteiger partial charge in [0.2, 0.25) is 0 Å². The molecule has 2 rings (SSSR count). The summed E-state index contributed by atoms with van der Waals surface area (Å²) in [5, 5.41) is 76.5. The Morgan fingerprint density at radius 3 is 1.78 bits per heavy atom. The smallest absolute Gasteiger partial charge is 0.187 e. The number of ether oxygens (including phenoxy) is 3. The normalized spacial score (nSPS) is 45.3. The molecule has 27 heavy (non-hydrogen) atoms. The van der Waals surface area contributed by atoms with E-state index in [9.17, 15) is 40.0 Å². The Hall–Kier alpha value is -0.290. The summed E-state index contributed by atoms with van der Waals surface area (Å²) in [5.41, 5.74) is 0. The summed E-state index contributed by atoms with van der Waals surface area (Å²) in [6.45, 7) is -1.35. The summed E-state index contributed by atoms with van der Waals surface area (Å²) >= 11 is 0. The Kier molecular flexibility index (Phi) is 10.1. The first-order valence-corrected chi connectivity index (χ1v) is 10.0. The summed E-state index contributed by atoms with van der Waals surface area (Å²) in [4.78, 5) is 0. The van der Waals surface area contributed by atoms with Crippen LogP contribution in [0.3, 0.4) is 0 Å². The second kappa shape index (κ2) is 11.0. The number of rotatable bonds is 4. The van der Waals surface area contributed by atoms with E-state index in [2.05, 4.69) is 0 Å². The van der Waals surface area contributed by atoms with Gasteiger partial charge in [0.25, 0.3) is 0 Å². The van der Waals surface area contributed by atoms with Crippen LogP contribution in [0.5, 0.6) is 0 Å². The standard InChI is InChI=1S/C12H22O11.C2H6OS/c13-1-3-5(15)6(16)9(19)12(22-3)23-10-4(2-14)21-11(20)8(18)7(10)17;1-4(2)3/h3-20H,1-2H2;1-2H3/t3-,4-,5+,6+,7-,8-,9-,10-,11-,12+;/m1./s1. The van der Waals surface area contributed by atoms with Gasteiger partial charge in [0.15, 0.2) is 12.6 Å². The molecule has 0 aliphatic carbocycles. The lowest BCUT2D eigenvalue weighted by molar-refractivity contribution is -0.355. The molecule has 0 spiro atoms. The number of aliphatic hydroxyl groups excluding tert-OH is 8. The van der Waals surface area contributed by atoms with Crippen molar-refractivity contribution in [3.63, 3.8) is 0 Å². The maximum atomic E-state index is 9.94. The van der Waals surface area contributed by atoms with Gasteiger partial charge in [-0.2, -0.15) is 0 Å². The van der Waals surface area contributed by atoms with Crippen molar-refractivity contribution < 1.29 is 59.3 Å². The van der Waals surface area contributed by atoms with Crippen molar-refractivity contribution in [1.29, 1.82) is 0 Å². The third kappa shape index (κ3) is 6.35. The van der Waals surface area contributed by atoms with Crippen LogP contribution in [0, 0.1) is 0 Å². The Morgan fingerprint density at radius 2 is 1.30 bits per heavy atom. The van der Waals surface area contributed by atoms with E-state index in [0.29, 0.717) is 0 Å². The van der Waals surface area contributed by atoms with Crippen molar-refractivity contribution in [2.45, 2.75) is 61.4 Å². The maximum absolute atomic E-state index is 9.94. The second-order valence-corrected chi connectivity index (χ2v) is 7.75. The Labute approximate surface area is 158 Å². The van der Waals surface area contributed by atoms with E-state index >= 15 is 0 Å². The van der Waals surface area contributed by atoms with Crippen LogP contribution in [-0.4, -0.2) is 132 Å². The highest BCUT2D eigenvalue weighted by Gasteiger charge is 2.50. The van der Waals surface area contributed by atoms with Gasteiger partial charge in [-0.3, -0.25) is 4.21 Å². The lowest BCUT2D eigenvalue weighted by Gasteiger charge is -2.45. The van der Waals surface area contributed by atoms with Gasteiger partial charge in [-0.1, -0.05) is 0 Å². The molecule has 0 aromatic rings. The van der Waals surface area contributed by atoms with Gasteiger partial charge in [0, 0.05) is 23.3 Å². The van der Waals surface area contributed by atoms with Crippen molar-refractivity contribution in [2.24, 2.45) is 0 Å². The van der Waals surface area contributed by atoms with Crippen LogP contribution >= 0.6 is 0 Å². The zero-order chi connectivity index (χ0) is 20.9. The van der Waals surface area contributed by atoms with E-state index in [1.54, 1.807) is 12.5 Å². The minimum Gasteiger partial charge on any atom is -0.394 e. The largest absolute Gasteiger partial charge is 0.394 e. The first-order valence-electron chi connectivity index (χ1n) is 8.06. The molecule has 0 aromatic heterocycles. The molecule has 2 heterocycles. The van der Waals surface area contributed by atoms with Gasteiger partial charge in [0.05, 0.1) is 13.2 Å². The monoisotopic (exact) mass is 420 g/mol. The third-order valence-electron chi connectivity index (χ3n) is 3.98. The summed E-state index contributed by atoms with van der Waals surface area (Å²) in [7, 11) is -0.611. The molecule has 2 aliphatic heterocycles. The molecule has 0 bridgehead atoms. The fourth-order valence-corrected chi connectivity index (χ4v) is 2.57. The molecule has 0 unspecified atom stereocenters. The van der Waals surface area contributed by atoms with Crippen LogP contribution in [-0.2, 0) is 25.0 Å². The second-order valence-electron chi connectivity index (χ2n) is 6.27. The molecular formula is C14H28O12S. The van der Waals surface area contributed by atoms with Gasteiger partial charge < -0.3 is 55.1 Å². The van der Waals surface area contributed by atoms with E-state index in [1.807, 2.05) is 0 Å². The highest BCUT2D eigenvalue weighted by Crippen LogP contribution is 2.28. The minimum atomic E-state index is -1.74. The van der Waals surface area contributed by atoms with Gasteiger partial charge in [0.1, 0.15) is 48.8 Å². The maximum Gasteiger partial charge on any atom is 0.187 e. The molecule has 0 saturated carbocycles. The zero-order valence-electron chi connectivity index (χ0n) is 14.8. The third-order valence-corrected chi connectivity index (χ3v) is 3.98. The fourth-order valence-electron chi connectivity index (χ4n) is 2.57. The Morgan fingerprint density at radius 1 is 0.778 bits per heavy atom. The minimum absolute atomic E-state index is 0.611. The van der Waals surface area contributed by atoms with Crippen LogP contribution in [0.25, 0.3) is 0 Å². The molecule has 13 heteroatoms. The number of hydrogen-bond donors (Lipinski definition) is 8. The Balaban J connectivity index is 0.000000828. The van der Waals surface area contributed by atoms with Crippen molar-refractivity contribution in [3.05, 3.63) is 0 Å². The summed E-state index contributed by atoms with van der Waals surface area (Å²) in [6.07, 6.45) is -12.3. The van der Waals surface area contributed by atoms with Gasteiger partial charge in [-0.15, -0.1) is 0 Å². The molecule has 12 nitrogen and oxygen atoms in total. The molecule has 2 saturated heterocycles. The molecule has 10 atom stereocenters. The molecule has 8 N–H and O–H groups in total. The SMILES string of the molecule is CS(C)=O.OC[C@H]1O[C@@H](O[C@H]2[C@H](O)[C@@H](O)[C@H](O)O[C@@H]2CO)[C@H](O)[C@@H](O)[C@H]1O.